The lowest BCUT2D eigenvalue weighted by Gasteiger charge is -2.17. The molecule has 0 radical (unpaired) electrons. The molecule has 1 aliphatic rings. The maximum absolute atomic E-state index is 14.1. The number of amidine groups is 1. The number of rotatable bonds is 8. The minimum atomic E-state index is -4.78. The molecule has 4 rings (SSSR count). The van der Waals surface area contributed by atoms with Gasteiger partial charge in [-0.1, -0.05) is 18.2 Å². The molecule has 194 valence electrons. The molecule has 1 atom stereocenters. The molecule has 1 amide bonds. The fourth-order valence-corrected chi connectivity index (χ4v) is 4.53. The van der Waals surface area contributed by atoms with E-state index in [1.165, 1.54) is 41.1 Å². The number of aromatic nitrogens is 2. The zero-order valence-corrected chi connectivity index (χ0v) is 19.6. The highest BCUT2D eigenvalue weighted by Gasteiger charge is 2.36. The Morgan fingerprint density at radius 3 is 2.57 bits per heavy atom. The van der Waals surface area contributed by atoms with Gasteiger partial charge in [-0.25, -0.2) is 4.68 Å². The number of carboxylic acid groups (broad SMARTS) is 1. The SMILES string of the molecule is N=C(N)c1cccc(C(CNC(=O)c2ccc(-n3nc(CN)c4c3CCC4)c(C(F)(F)F)c2)C(=O)O)c1. The van der Waals surface area contributed by atoms with Crippen LogP contribution in [0.15, 0.2) is 42.5 Å². The number of nitrogens with two attached hydrogens (primary N) is 2. The van der Waals surface area contributed by atoms with E-state index in [-0.39, 0.29) is 35.7 Å². The van der Waals surface area contributed by atoms with Crippen molar-refractivity contribution in [3.05, 3.63) is 81.7 Å². The highest BCUT2D eigenvalue weighted by molar-refractivity contribution is 5.96. The number of nitrogen functional groups attached to an aromatic ring is 1. The number of benzene rings is 2. The molecule has 1 aliphatic carbocycles. The van der Waals surface area contributed by atoms with Crippen LogP contribution in [0, 0.1) is 5.41 Å². The lowest BCUT2D eigenvalue weighted by atomic mass is 9.96. The summed E-state index contributed by atoms with van der Waals surface area (Å²) in [6.45, 7) is -0.275. The quantitative estimate of drug-likeness (QED) is 0.230. The second-order valence-corrected chi connectivity index (χ2v) is 8.71. The molecule has 2 aromatic carbocycles. The van der Waals surface area contributed by atoms with Crippen LogP contribution in [0.5, 0.6) is 0 Å². The first-order valence-corrected chi connectivity index (χ1v) is 11.5. The van der Waals surface area contributed by atoms with E-state index in [9.17, 15) is 27.9 Å². The van der Waals surface area contributed by atoms with Crippen LogP contribution in [-0.2, 0) is 30.4 Å². The van der Waals surface area contributed by atoms with Crippen molar-refractivity contribution in [2.75, 3.05) is 6.54 Å². The topological polar surface area (TPSA) is 160 Å². The zero-order valence-electron chi connectivity index (χ0n) is 19.6. The van der Waals surface area contributed by atoms with Crippen molar-refractivity contribution in [2.24, 2.45) is 11.5 Å². The van der Waals surface area contributed by atoms with Crippen molar-refractivity contribution < 1.29 is 27.9 Å². The molecule has 0 saturated carbocycles. The van der Waals surface area contributed by atoms with Gasteiger partial charge in [-0.3, -0.25) is 15.0 Å². The Labute approximate surface area is 209 Å². The van der Waals surface area contributed by atoms with E-state index in [0.29, 0.717) is 29.8 Å². The van der Waals surface area contributed by atoms with Gasteiger partial charge >= 0.3 is 12.1 Å². The standard InChI is InChI=1S/C25H25F3N6O3/c26-25(27,28)18-10-15(7-8-21(18)34-20-6-2-5-16(20)19(11-29)33-34)23(35)32-12-17(24(36)37)13-3-1-4-14(9-13)22(30)31/h1,3-4,7-10,17H,2,5-6,11-12,29H2,(H3,30,31)(H,32,35)(H,36,37). The molecule has 1 heterocycles. The van der Waals surface area contributed by atoms with Crippen LogP contribution in [0.2, 0.25) is 0 Å². The number of nitrogens with zero attached hydrogens (tertiary/aromatic N) is 2. The number of carboxylic acids is 1. The van der Waals surface area contributed by atoms with Gasteiger partial charge in [-0.2, -0.15) is 18.3 Å². The second kappa shape index (κ2) is 10.1. The number of carbonyl (C=O) groups is 2. The summed E-state index contributed by atoms with van der Waals surface area (Å²) < 4.78 is 43.4. The monoisotopic (exact) mass is 514 g/mol. The zero-order chi connectivity index (χ0) is 26.9. The molecule has 0 saturated heterocycles. The minimum Gasteiger partial charge on any atom is -0.481 e. The van der Waals surface area contributed by atoms with Crippen molar-refractivity contribution in [3.8, 4) is 5.69 Å². The van der Waals surface area contributed by atoms with E-state index in [2.05, 4.69) is 10.4 Å². The molecule has 1 unspecified atom stereocenters. The Morgan fingerprint density at radius 2 is 1.92 bits per heavy atom. The van der Waals surface area contributed by atoms with E-state index in [0.717, 1.165) is 18.1 Å². The summed E-state index contributed by atoms with van der Waals surface area (Å²) in [6.07, 6.45) is -2.71. The van der Waals surface area contributed by atoms with Crippen molar-refractivity contribution >= 4 is 17.7 Å². The van der Waals surface area contributed by atoms with Crippen molar-refractivity contribution in [3.63, 3.8) is 0 Å². The first kappa shape index (κ1) is 25.9. The molecule has 12 heteroatoms. The normalized spacial score (nSPS) is 13.7. The Morgan fingerprint density at radius 1 is 1.16 bits per heavy atom. The Hall–Kier alpha value is -4.19. The van der Waals surface area contributed by atoms with E-state index >= 15 is 0 Å². The largest absolute Gasteiger partial charge is 0.481 e. The highest BCUT2D eigenvalue weighted by atomic mass is 19.4. The number of hydrogen-bond acceptors (Lipinski definition) is 5. The maximum Gasteiger partial charge on any atom is 0.418 e. The van der Waals surface area contributed by atoms with E-state index in [4.69, 9.17) is 16.9 Å². The van der Waals surface area contributed by atoms with E-state index in [1.807, 2.05) is 0 Å². The average molecular weight is 515 g/mol. The molecule has 9 nitrogen and oxygen atoms in total. The van der Waals surface area contributed by atoms with Crippen LogP contribution >= 0.6 is 0 Å². The molecule has 0 fully saturated rings. The van der Waals surface area contributed by atoms with E-state index < -0.39 is 29.5 Å². The molecule has 7 N–H and O–H groups in total. The first-order chi connectivity index (χ1) is 17.5. The van der Waals surface area contributed by atoms with Crippen LogP contribution in [0.4, 0.5) is 13.2 Å². The summed E-state index contributed by atoms with van der Waals surface area (Å²) in [4.78, 5) is 24.6. The van der Waals surface area contributed by atoms with Gasteiger partial charge in [0.05, 0.1) is 22.9 Å². The fourth-order valence-electron chi connectivity index (χ4n) is 4.53. The number of carbonyl (C=O) groups excluding carboxylic acids is 1. The Kier molecular flexibility index (Phi) is 7.03. The Balaban J connectivity index is 1.62. The third kappa shape index (κ3) is 5.19. The third-order valence-electron chi connectivity index (χ3n) is 6.36. The molecular formula is C25H25F3N6O3. The third-order valence-corrected chi connectivity index (χ3v) is 6.36. The van der Waals surface area contributed by atoms with Crippen LogP contribution < -0.4 is 16.8 Å². The summed E-state index contributed by atoms with van der Waals surface area (Å²) in [5.41, 5.74) is 12.4. The van der Waals surface area contributed by atoms with Gasteiger partial charge in [0.1, 0.15) is 5.84 Å². The summed E-state index contributed by atoms with van der Waals surface area (Å²) in [5.74, 6) is -3.57. The predicted octanol–water partition coefficient (Wildman–Crippen LogP) is 2.72. The highest BCUT2D eigenvalue weighted by Crippen LogP contribution is 2.37. The molecule has 3 aromatic rings. The first-order valence-electron chi connectivity index (χ1n) is 11.5. The molecule has 0 bridgehead atoms. The smallest absolute Gasteiger partial charge is 0.418 e. The minimum absolute atomic E-state index is 0.108. The van der Waals surface area contributed by atoms with Gasteiger partial charge in [0, 0.05) is 29.9 Å². The van der Waals surface area contributed by atoms with Gasteiger partial charge in [0.2, 0.25) is 0 Å². The number of halogens is 3. The summed E-state index contributed by atoms with van der Waals surface area (Å²) in [5, 5.41) is 23.9. The second-order valence-electron chi connectivity index (χ2n) is 8.71. The number of nitrogens with one attached hydrogen (secondary N) is 2. The molecule has 37 heavy (non-hydrogen) atoms. The summed E-state index contributed by atoms with van der Waals surface area (Å²) >= 11 is 0. The molecular weight excluding hydrogens is 489 g/mol. The number of aliphatic carboxylic acids is 1. The van der Waals surface area contributed by atoms with Crippen LogP contribution in [0.25, 0.3) is 5.69 Å². The van der Waals surface area contributed by atoms with Gasteiger partial charge in [-0.05, 0) is 54.7 Å². The van der Waals surface area contributed by atoms with Crippen molar-refractivity contribution in [2.45, 2.75) is 37.9 Å². The van der Waals surface area contributed by atoms with Crippen LogP contribution in [0.3, 0.4) is 0 Å². The van der Waals surface area contributed by atoms with Gasteiger partial charge < -0.3 is 21.9 Å². The van der Waals surface area contributed by atoms with Crippen LogP contribution in [0.1, 0.15) is 56.3 Å². The fraction of sp³-hybridized carbons (Fsp3) is 0.280. The molecule has 0 spiro atoms. The number of alkyl halides is 3. The van der Waals surface area contributed by atoms with E-state index in [1.54, 1.807) is 0 Å². The van der Waals surface area contributed by atoms with Gasteiger partial charge in [0.15, 0.2) is 0 Å². The number of hydrogen-bond donors (Lipinski definition) is 5. The maximum atomic E-state index is 14.1. The van der Waals surface area contributed by atoms with Crippen LogP contribution in [-0.4, -0.2) is 39.1 Å². The predicted molar refractivity (Wildman–Crippen MR) is 129 cm³/mol. The average Bonchev–Trinajstić information content (AvgIpc) is 3.46. The van der Waals surface area contributed by atoms with Crippen molar-refractivity contribution in [1.29, 1.82) is 5.41 Å². The lowest BCUT2D eigenvalue weighted by Crippen LogP contribution is -2.32. The lowest BCUT2D eigenvalue weighted by molar-refractivity contribution is -0.139. The molecule has 0 aliphatic heterocycles. The van der Waals surface area contributed by atoms with Gasteiger partial charge in [-0.15, -0.1) is 0 Å². The van der Waals surface area contributed by atoms with Crippen molar-refractivity contribution in [1.82, 2.24) is 15.1 Å². The number of amides is 1. The van der Waals surface area contributed by atoms with Gasteiger partial charge in [0.25, 0.3) is 5.91 Å². The summed E-state index contributed by atoms with van der Waals surface area (Å²) in [6, 6.07) is 9.16. The summed E-state index contributed by atoms with van der Waals surface area (Å²) in [7, 11) is 0. The molecule has 1 aromatic heterocycles. The number of fused-ring (bicyclic) bond motifs is 1. The Bertz CT molecular complexity index is 1380.